The van der Waals surface area contributed by atoms with E-state index in [1.165, 1.54) is 11.8 Å². The first-order chi connectivity index (χ1) is 8.70. The van der Waals surface area contributed by atoms with E-state index in [0.717, 1.165) is 0 Å². The van der Waals surface area contributed by atoms with Gasteiger partial charge in [0.25, 0.3) is 0 Å². The van der Waals surface area contributed by atoms with Crippen LogP contribution in [0.2, 0.25) is 0 Å². The molecule has 0 saturated carbocycles. The average molecular weight is 310 g/mol. The van der Waals surface area contributed by atoms with Crippen molar-refractivity contribution in [2.45, 2.75) is 24.1 Å². The molecule has 0 aromatic carbocycles. The molecule has 1 atom stereocenters. The third kappa shape index (κ3) is 3.46. The zero-order chi connectivity index (χ0) is 14.8. The predicted octanol–water partition coefficient (Wildman–Crippen LogP) is 0.0956. The third-order valence-electron chi connectivity index (χ3n) is 2.62. The SMILES string of the molecule is COC(=O)C(Cl)CNS(=O)(=O)c1c(C)nn(C)c1C. The zero-order valence-electron chi connectivity index (χ0n) is 11.1. The van der Waals surface area contributed by atoms with Crippen molar-refractivity contribution in [2.75, 3.05) is 13.7 Å². The molecule has 1 aromatic heterocycles. The van der Waals surface area contributed by atoms with Gasteiger partial charge in [-0.05, 0) is 13.8 Å². The Labute approximate surface area is 116 Å². The number of carbonyl (C=O) groups is 1. The van der Waals surface area contributed by atoms with Gasteiger partial charge in [0.05, 0.1) is 18.5 Å². The summed E-state index contributed by atoms with van der Waals surface area (Å²) in [6.07, 6.45) is 0. The molecule has 7 nitrogen and oxygen atoms in total. The summed E-state index contributed by atoms with van der Waals surface area (Å²) < 4.78 is 32.4. The van der Waals surface area contributed by atoms with E-state index in [-0.39, 0.29) is 11.4 Å². The summed E-state index contributed by atoms with van der Waals surface area (Å²) in [6.45, 7) is 3.00. The van der Waals surface area contributed by atoms with E-state index in [9.17, 15) is 13.2 Å². The molecule has 0 radical (unpaired) electrons. The van der Waals surface area contributed by atoms with Crippen molar-refractivity contribution in [3.05, 3.63) is 11.4 Å². The van der Waals surface area contributed by atoms with Crippen molar-refractivity contribution in [1.82, 2.24) is 14.5 Å². The van der Waals surface area contributed by atoms with Crippen LogP contribution < -0.4 is 4.72 Å². The van der Waals surface area contributed by atoms with Crippen LogP contribution in [0.25, 0.3) is 0 Å². The second-order valence-corrected chi connectivity index (χ2v) is 6.20. The lowest BCUT2D eigenvalue weighted by Crippen LogP contribution is -2.34. The predicted molar refractivity (Wildman–Crippen MR) is 69.5 cm³/mol. The average Bonchev–Trinajstić information content (AvgIpc) is 2.59. The number of alkyl halides is 1. The van der Waals surface area contributed by atoms with Gasteiger partial charge in [-0.2, -0.15) is 5.10 Å². The van der Waals surface area contributed by atoms with Gasteiger partial charge < -0.3 is 4.74 Å². The lowest BCUT2D eigenvalue weighted by molar-refractivity contribution is -0.140. The summed E-state index contributed by atoms with van der Waals surface area (Å²) in [7, 11) is -0.928. The molecule has 0 aliphatic rings. The van der Waals surface area contributed by atoms with Crippen molar-refractivity contribution in [3.63, 3.8) is 0 Å². The Kier molecular flexibility index (Phi) is 4.94. The Bertz CT molecular complexity index is 582. The first kappa shape index (κ1) is 15.9. The molecule has 1 heterocycles. The van der Waals surface area contributed by atoms with Gasteiger partial charge >= 0.3 is 5.97 Å². The van der Waals surface area contributed by atoms with E-state index in [2.05, 4.69) is 14.6 Å². The minimum absolute atomic E-state index is 0.101. The van der Waals surface area contributed by atoms with Crippen molar-refractivity contribution < 1.29 is 17.9 Å². The van der Waals surface area contributed by atoms with E-state index in [0.29, 0.717) is 11.4 Å². The molecule has 0 fully saturated rings. The monoisotopic (exact) mass is 309 g/mol. The topological polar surface area (TPSA) is 90.3 Å². The fourth-order valence-corrected chi connectivity index (χ4v) is 3.35. The van der Waals surface area contributed by atoms with Gasteiger partial charge in [0.1, 0.15) is 10.3 Å². The van der Waals surface area contributed by atoms with Crippen molar-refractivity contribution in [3.8, 4) is 0 Å². The molecule has 0 bridgehead atoms. The fourth-order valence-electron chi connectivity index (χ4n) is 1.61. The molecule has 9 heteroatoms. The molecular formula is C10H16ClN3O4S. The van der Waals surface area contributed by atoms with Crippen LogP contribution in [0.5, 0.6) is 0 Å². The number of methoxy groups -OCH3 is 1. The van der Waals surface area contributed by atoms with E-state index in [1.807, 2.05) is 0 Å². The molecule has 0 saturated heterocycles. The summed E-state index contributed by atoms with van der Waals surface area (Å²) >= 11 is 5.69. The third-order valence-corrected chi connectivity index (χ3v) is 4.63. The molecule has 1 rings (SSSR count). The van der Waals surface area contributed by atoms with Crippen LogP contribution in [0, 0.1) is 13.8 Å². The molecule has 0 aliphatic heterocycles. The highest BCUT2D eigenvalue weighted by atomic mass is 35.5. The summed E-state index contributed by atoms with van der Waals surface area (Å²) in [4.78, 5) is 11.2. The molecule has 1 aromatic rings. The molecule has 1 unspecified atom stereocenters. The highest BCUT2D eigenvalue weighted by molar-refractivity contribution is 7.89. The number of halogens is 1. The van der Waals surface area contributed by atoms with Gasteiger partial charge in [0.15, 0.2) is 0 Å². The maximum atomic E-state index is 12.1. The van der Waals surface area contributed by atoms with Crippen LogP contribution >= 0.6 is 11.6 Å². The fraction of sp³-hybridized carbons (Fsp3) is 0.600. The Morgan fingerprint density at radius 3 is 2.53 bits per heavy atom. The number of rotatable bonds is 5. The summed E-state index contributed by atoms with van der Waals surface area (Å²) in [5.74, 6) is -0.691. The van der Waals surface area contributed by atoms with E-state index < -0.39 is 21.4 Å². The standard InChI is InChI=1S/C10H16ClN3O4S/c1-6-9(7(2)14(3)13-6)19(16,17)12-5-8(11)10(15)18-4/h8,12H,5H2,1-4H3. The minimum Gasteiger partial charge on any atom is -0.468 e. The van der Waals surface area contributed by atoms with Crippen LogP contribution in [0.1, 0.15) is 11.4 Å². The van der Waals surface area contributed by atoms with E-state index in [4.69, 9.17) is 11.6 Å². The van der Waals surface area contributed by atoms with Crippen molar-refractivity contribution in [1.29, 1.82) is 0 Å². The second kappa shape index (κ2) is 5.89. The quantitative estimate of drug-likeness (QED) is 0.615. The molecule has 0 aliphatic carbocycles. The van der Waals surface area contributed by atoms with Gasteiger partial charge in [-0.3, -0.25) is 9.48 Å². The number of carbonyl (C=O) groups excluding carboxylic acids is 1. The number of hydrogen-bond donors (Lipinski definition) is 1. The van der Waals surface area contributed by atoms with Crippen LogP contribution in [0.15, 0.2) is 4.90 Å². The lowest BCUT2D eigenvalue weighted by Gasteiger charge is -2.10. The van der Waals surface area contributed by atoms with E-state index in [1.54, 1.807) is 20.9 Å². The van der Waals surface area contributed by atoms with Crippen LogP contribution in [-0.4, -0.2) is 43.2 Å². The van der Waals surface area contributed by atoms with Gasteiger partial charge in [-0.25, -0.2) is 13.1 Å². The highest BCUT2D eigenvalue weighted by Crippen LogP contribution is 2.18. The number of sulfonamides is 1. The zero-order valence-corrected chi connectivity index (χ0v) is 12.7. The normalized spacial score (nSPS) is 13.3. The van der Waals surface area contributed by atoms with Crippen molar-refractivity contribution >= 4 is 27.6 Å². The first-order valence-electron chi connectivity index (χ1n) is 5.42. The summed E-state index contributed by atoms with van der Waals surface area (Å²) in [5, 5.41) is 2.96. The van der Waals surface area contributed by atoms with Crippen LogP contribution in [-0.2, 0) is 26.6 Å². The Morgan fingerprint density at radius 2 is 2.11 bits per heavy atom. The summed E-state index contributed by atoms with van der Waals surface area (Å²) in [5.41, 5.74) is 0.894. The van der Waals surface area contributed by atoms with Crippen LogP contribution in [0.3, 0.4) is 0 Å². The highest BCUT2D eigenvalue weighted by Gasteiger charge is 2.26. The van der Waals surface area contributed by atoms with Gasteiger partial charge in [-0.1, -0.05) is 0 Å². The lowest BCUT2D eigenvalue weighted by atomic mass is 10.4. The molecule has 108 valence electrons. The number of aryl methyl sites for hydroxylation is 2. The summed E-state index contributed by atoms with van der Waals surface area (Å²) in [6, 6.07) is 0. The minimum atomic E-state index is -3.76. The largest absolute Gasteiger partial charge is 0.468 e. The number of aromatic nitrogens is 2. The van der Waals surface area contributed by atoms with Crippen molar-refractivity contribution in [2.24, 2.45) is 7.05 Å². The number of ether oxygens (including phenoxy) is 1. The first-order valence-corrected chi connectivity index (χ1v) is 7.34. The number of nitrogens with zero attached hydrogens (tertiary/aromatic N) is 2. The number of esters is 1. The molecule has 0 spiro atoms. The Balaban J connectivity index is 2.91. The smallest absolute Gasteiger partial charge is 0.325 e. The van der Waals surface area contributed by atoms with Crippen LogP contribution in [0.4, 0.5) is 0 Å². The molecule has 1 N–H and O–H groups in total. The molecule has 19 heavy (non-hydrogen) atoms. The molecular weight excluding hydrogens is 294 g/mol. The van der Waals surface area contributed by atoms with Gasteiger partial charge in [0.2, 0.25) is 10.0 Å². The maximum absolute atomic E-state index is 12.1. The van der Waals surface area contributed by atoms with Gasteiger partial charge in [0, 0.05) is 13.6 Å². The van der Waals surface area contributed by atoms with Gasteiger partial charge in [-0.15, -0.1) is 11.6 Å². The number of hydrogen-bond acceptors (Lipinski definition) is 5. The molecule has 0 amide bonds. The van der Waals surface area contributed by atoms with E-state index >= 15 is 0 Å². The second-order valence-electron chi connectivity index (χ2n) is 3.97. The number of nitrogens with one attached hydrogen (secondary N) is 1. The maximum Gasteiger partial charge on any atom is 0.325 e. The Morgan fingerprint density at radius 1 is 1.53 bits per heavy atom. The Hall–Kier alpha value is -1.12.